The Bertz CT molecular complexity index is 599. The molecule has 4 nitrogen and oxygen atoms in total. The number of unbranched alkanes of at least 4 members (excludes halogenated alkanes) is 4. The number of carbonyl (C=O) groups is 2. The molecule has 0 radical (unpaired) electrons. The van der Waals surface area contributed by atoms with E-state index in [0.29, 0.717) is 36.5 Å². The quantitative estimate of drug-likeness (QED) is 0.0831. The number of amides is 2. The van der Waals surface area contributed by atoms with Crippen LogP contribution in [0.3, 0.4) is 0 Å². The number of nitrogens with zero attached hydrogens (tertiary/aromatic N) is 2. The fourth-order valence-electron chi connectivity index (χ4n) is 6.95. The van der Waals surface area contributed by atoms with Crippen LogP contribution in [0.4, 0.5) is 0 Å². The van der Waals surface area contributed by atoms with E-state index in [4.69, 9.17) is 0 Å². The van der Waals surface area contributed by atoms with Gasteiger partial charge >= 0.3 is 0 Å². The van der Waals surface area contributed by atoms with Crippen molar-refractivity contribution in [1.29, 1.82) is 0 Å². The fourth-order valence-corrected chi connectivity index (χ4v) is 6.95. The summed E-state index contributed by atoms with van der Waals surface area (Å²) in [5.41, 5.74) is -0.960. The van der Waals surface area contributed by atoms with Gasteiger partial charge in [-0.1, -0.05) is 146 Å². The van der Waals surface area contributed by atoms with Crippen LogP contribution in [-0.4, -0.2) is 47.8 Å². The van der Waals surface area contributed by atoms with Crippen LogP contribution < -0.4 is 0 Å². The lowest BCUT2D eigenvalue weighted by molar-refractivity contribution is -0.159. The Labute approximate surface area is 270 Å². The number of rotatable bonds is 28. The first-order chi connectivity index (χ1) is 20.7. The molecule has 4 atom stereocenters. The lowest BCUT2D eigenvalue weighted by atomic mass is 9.78. The zero-order valence-corrected chi connectivity index (χ0v) is 31.1. The lowest BCUT2D eigenvalue weighted by Crippen LogP contribution is -2.56. The summed E-state index contributed by atoms with van der Waals surface area (Å²) in [6.45, 7) is 25.5. The van der Waals surface area contributed by atoms with Gasteiger partial charge in [-0.15, -0.1) is 0 Å². The van der Waals surface area contributed by atoms with Gasteiger partial charge in [0.1, 0.15) is 5.41 Å². The van der Waals surface area contributed by atoms with Gasteiger partial charge < -0.3 is 9.80 Å². The Hall–Kier alpha value is -1.06. The van der Waals surface area contributed by atoms with Crippen molar-refractivity contribution in [3.63, 3.8) is 0 Å². The van der Waals surface area contributed by atoms with E-state index in [1.807, 2.05) is 0 Å². The lowest BCUT2D eigenvalue weighted by Gasteiger charge is -2.42. The van der Waals surface area contributed by atoms with Gasteiger partial charge in [0.2, 0.25) is 11.8 Å². The van der Waals surface area contributed by atoms with Gasteiger partial charge in [0.05, 0.1) is 0 Å². The summed E-state index contributed by atoms with van der Waals surface area (Å²) in [6.07, 6.45) is 19.8. The fraction of sp³-hybridized carbons (Fsp3) is 0.949. The highest BCUT2D eigenvalue weighted by Crippen LogP contribution is 2.35. The molecule has 0 bridgehead atoms. The molecule has 0 aliphatic carbocycles. The first-order valence-electron chi connectivity index (χ1n) is 19.3. The molecule has 0 rings (SSSR count). The van der Waals surface area contributed by atoms with Crippen LogP contribution in [-0.2, 0) is 9.59 Å². The summed E-state index contributed by atoms with van der Waals surface area (Å²) in [7, 11) is 0. The van der Waals surface area contributed by atoms with Crippen molar-refractivity contribution < 1.29 is 9.59 Å². The third-order valence-electron chi connectivity index (χ3n) is 10.7. The van der Waals surface area contributed by atoms with Crippen molar-refractivity contribution in [2.45, 2.75) is 185 Å². The molecule has 0 aromatic carbocycles. The number of carbonyl (C=O) groups excluding carboxylic acids is 2. The third kappa shape index (κ3) is 14.7. The standard InChI is InChI=1S/C39H78N2O2/c1-11-21-25-33(15-5)29-40(30-34(16-6)26-22-12-2)37(42)39(19-9,20-10)38(43)41(31-35(17-7)27-23-13-3)32-36(18-8)28-24-14-4/h33-36H,11-32H2,1-10H3. The Morgan fingerprint density at radius 1 is 0.442 bits per heavy atom. The molecule has 0 aliphatic rings. The van der Waals surface area contributed by atoms with Gasteiger partial charge in [0, 0.05) is 26.2 Å². The molecule has 0 saturated heterocycles. The molecular formula is C39H78N2O2. The van der Waals surface area contributed by atoms with E-state index in [-0.39, 0.29) is 11.8 Å². The summed E-state index contributed by atoms with van der Waals surface area (Å²) >= 11 is 0. The van der Waals surface area contributed by atoms with E-state index in [1.165, 1.54) is 77.0 Å². The monoisotopic (exact) mass is 607 g/mol. The first kappa shape index (κ1) is 41.9. The zero-order valence-electron chi connectivity index (χ0n) is 31.1. The molecule has 0 heterocycles. The molecule has 0 fully saturated rings. The van der Waals surface area contributed by atoms with Crippen molar-refractivity contribution >= 4 is 11.8 Å². The Morgan fingerprint density at radius 2 is 0.674 bits per heavy atom. The van der Waals surface area contributed by atoms with Crippen molar-refractivity contribution in [2.75, 3.05) is 26.2 Å². The average Bonchev–Trinajstić information content (AvgIpc) is 3.03. The molecule has 256 valence electrons. The predicted molar refractivity (Wildman–Crippen MR) is 189 cm³/mol. The van der Waals surface area contributed by atoms with Crippen LogP contribution >= 0.6 is 0 Å². The molecule has 4 heteroatoms. The SMILES string of the molecule is CCCCC(CC)CN(CC(CC)CCCC)C(=O)C(CC)(CC)C(=O)N(CC(CC)CCCC)CC(CC)CCCC. The summed E-state index contributed by atoms with van der Waals surface area (Å²) in [5.74, 6) is 2.26. The molecule has 4 unspecified atom stereocenters. The average molecular weight is 607 g/mol. The minimum Gasteiger partial charge on any atom is -0.341 e. The normalized spacial score (nSPS) is 14.7. The van der Waals surface area contributed by atoms with E-state index >= 15 is 0 Å². The molecule has 2 amide bonds. The molecule has 0 aliphatic heterocycles. The Balaban J connectivity index is 6.62. The van der Waals surface area contributed by atoms with Crippen molar-refractivity contribution in [3.05, 3.63) is 0 Å². The van der Waals surface area contributed by atoms with Crippen LogP contribution in [0.1, 0.15) is 185 Å². The second-order valence-electron chi connectivity index (χ2n) is 13.9. The van der Waals surface area contributed by atoms with Crippen molar-refractivity contribution in [2.24, 2.45) is 29.1 Å². The van der Waals surface area contributed by atoms with Crippen LogP contribution in [0.2, 0.25) is 0 Å². The minimum atomic E-state index is -0.960. The highest BCUT2D eigenvalue weighted by atomic mass is 16.2. The first-order valence-corrected chi connectivity index (χ1v) is 19.3. The van der Waals surface area contributed by atoms with E-state index < -0.39 is 5.41 Å². The summed E-state index contributed by atoms with van der Waals surface area (Å²) < 4.78 is 0. The summed E-state index contributed by atoms with van der Waals surface area (Å²) in [4.78, 5) is 34.3. The van der Waals surface area contributed by atoms with Gasteiger partial charge in [0.25, 0.3) is 0 Å². The van der Waals surface area contributed by atoms with Crippen LogP contribution in [0.15, 0.2) is 0 Å². The highest BCUT2D eigenvalue weighted by molar-refractivity contribution is 6.05. The summed E-state index contributed by atoms with van der Waals surface area (Å²) in [6, 6.07) is 0. The minimum absolute atomic E-state index is 0.126. The van der Waals surface area contributed by atoms with Gasteiger partial charge in [0.15, 0.2) is 0 Å². The van der Waals surface area contributed by atoms with Gasteiger partial charge in [-0.05, 0) is 62.2 Å². The van der Waals surface area contributed by atoms with Gasteiger partial charge in [-0.25, -0.2) is 0 Å². The molecule has 43 heavy (non-hydrogen) atoms. The molecule has 0 spiro atoms. The molecule has 0 saturated carbocycles. The maximum absolute atomic E-state index is 15.0. The number of hydrogen-bond acceptors (Lipinski definition) is 2. The maximum Gasteiger partial charge on any atom is 0.238 e. The largest absolute Gasteiger partial charge is 0.341 e. The van der Waals surface area contributed by atoms with Crippen LogP contribution in [0, 0.1) is 29.1 Å². The Morgan fingerprint density at radius 3 is 0.837 bits per heavy atom. The van der Waals surface area contributed by atoms with Crippen LogP contribution in [0.25, 0.3) is 0 Å². The number of hydrogen-bond donors (Lipinski definition) is 0. The van der Waals surface area contributed by atoms with E-state index in [1.54, 1.807) is 0 Å². The van der Waals surface area contributed by atoms with Crippen molar-refractivity contribution in [1.82, 2.24) is 9.80 Å². The van der Waals surface area contributed by atoms with E-state index in [9.17, 15) is 9.59 Å². The topological polar surface area (TPSA) is 40.6 Å². The third-order valence-corrected chi connectivity index (χ3v) is 10.7. The highest BCUT2D eigenvalue weighted by Gasteiger charge is 2.48. The van der Waals surface area contributed by atoms with Gasteiger partial charge in [-0.3, -0.25) is 9.59 Å². The van der Waals surface area contributed by atoms with E-state index in [2.05, 4.69) is 79.0 Å². The summed E-state index contributed by atoms with van der Waals surface area (Å²) in [5, 5.41) is 0. The van der Waals surface area contributed by atoms with Crippen molar-refractivity contribution in [3.8, 4) is 0 Å². The predicted octanol–water partition coefficient (Wildman–Crippen LogP) is 11.3. The Kier molecular flexibility index (Phi) is 24.5. The second-order valence-corrected chi connectivity index (χ2v) is 13.9. The molecule has 0 N–H and O–H groups in total. The zero-order chi connectivity index (χ0) is 32.7. The second kappa shape index (κ2) is 25.2. The smallest absolute Gasteiger partial charge is 0.238 e. The molecular weight excluding hydrogens is 528 g/mol. The molecule has 0 aromatic rings. The van der Waals surface area contributed by atoms with E-state index in [0.717, 1.165) is 51.9 Å². The molecule has 0 aromatic heterocycles. The van der Waals surface area contributed by atoms with Crippen LogP contribution in [0.5, 0.6) is 0 Å². The van der Waals surface area contributed by atoms with Gasteiger partial charge in [-0.2, -0.15) is 0 Å². The maximum atomic E-state index is 15.0.